The first kappa shape index (κ1) is 16.1. The molecule has 20 heavy (non-hydrogen) atoms. The van der Waals surface area contributed by atoms with E-state index in [9.17, 15) is 19.3 Å². The number of nitro groups is 1. The van der Waals surface area contributed by atoms with Crippen molar-refractivity contribution in [3.8, 4) is 0 Å². The van der Waals surface area contributed by atoms with Gasteiger partial charge in [0.1, 0.15) is 11.4 Å². The molecule has 1 N–H and O–H groups in total. The zero-order chi connectivity index (χ0) is 15.5. The summed E-state index contributed by atoms with van der Waals surface area (Å²) in [6.07, 6.45) is 0. The Hall–Kier alpha value is -1.98. The molecule has 1 aromatic rings. The molecule has 0 atom stereocenters. The summed E-state index contributed by atoms with van der Waals surface area (Å²) in [4.78, 5) is 22.2. The maximum atomic E-state index is 13.2. The van der Waals surface area contributed by atoms with Gasteiger partial charge >= 0.3 is 0 Å². The van der Waals surface area contributed by atoms with Gasteiger partial charge in [0.05, 0.1) is 4.92 Å². The lowest BCUT2D eigenvalue weighted by Gasteiger charge is -2.29. The standard InChI is InChI=1S/C14H19FN2O3/c1-9(2)14(3,4)8-16-13(18)11-7-10(15)5-6-12(11)17(19)20/h5-7,9H,8H2,1-4H3,(H,16,18). The van der Waals surface area contributed by atoms with Gasteiger partial charge in [-0.25, -0.2) is 4.39 Å². The zero-order valence-electron chi connectivity index (χ0n) is 12.1. The van der Waals surface area contributed by atoms with Crippen molar-refractivity contribution in [2.75, 3.05) is 6.54 Å². The van der Waals surface area contributed by atoms with E-state index in [0.717, 1.165) is 18.2 Å². The maximum Gasteiger partial charge on any atom is 0.282 e. The van der Waals surface area contributed by atoms with E-state index in [1.165, 1.54) is 0 Å². The third-order valence-electron chi connectivity index (χ3n) is 3.67. The van der Waals surface area contributed by atoms with E-state index in [4.69, 9.17) is 0 Å². The average Bonchev–Trinajstić information content (AvgIpc) is 2.35. The molecule has 0 spiro atoms. The summed E-state index contributed by atoms with van der Waals surface area (Å²) in [6, 6.07) is 2.85. The van der Waals surface area contributed by atoms with Gasteiger partial charge in [-0.3, -0.25) is 14.9 Å². The lowest BCUT2D eigenvalue weighted by molar-refractivity contribution is -0.385. The molecule has 1 rings (SSSR count). The maximum absolute atomic E-state index is 13.2. The SMILES string of the molecule is CC(C)C(C)(C)CNC(=O)c1cc(F)ccc1[N+](=O)[O-]. The van der Waals surface area contributed by atoms with Crippen molar-refractivity contribution in [1.82, 2.24) is 5.32 Å². The van der Waals surface area contributed by atoms with Crippen molar-refractivity contribution >= 4 is 11.6 Å². The molecule has 0 aromatic heterocycles. The molecule has 0 heterocycles. The quantitative estimate of drug-likeness (QED) is 0.666. The van der Waals surface area contributed by atoms with Crippen molar-refractivity contribution in [2.45, 2.75) is 27.7 Å². The fraction of sp³-hybridized carbons (Fsp3) is 0.500. The number of nitrogens with one attached hydrogen (secondary N) is 1. The molecule has 0 aliphatic carbocycles. The van der Waals surface area contributed by atoms with Crippen LogP contribution >= 0.6 is 0 Å². The smallest absolute Gasteiger partial charge is 0.282 e. The van der Waals surface area contributed by atoms with E-state index < -0.39 is 22.3 Å². The summed E-state index contributed by atoms with van der Waals surface area (Å²) >= 11 is 0. The third-order valence-corrected chi connectivity index (χ3v) is 3.67. The fourth-order valence-corrected chi connectivity index (χ4v) is 1.46. The largest absolute Gasteiger partial charge is 0.351 e. The van der Waals surface area contributed by atoms with E-state index in [0.29, 0.717) is 12.5 Å². The Morgan fingerprint density at radius 2 is 2.05 bits per heavy atom. The second kappa shape index (κ2) is 5.98. The Bertz CT molecular complexity index is 527. The van der Waals surface area contributed by atoms with Gasteiger partial charge in [-0.2, -0.15) is 0 Å². The van der Waals surface area contributed by atoms with E-state index in [-0.39, 0.29) is 11.0 Å². The van der Waals surface area contributed by atoms with Gasteiger partial charge in [0.25, 0.3) is 11.6 Å². The molecular formula is C14H19FN2O3. The number of benzene rings is 1. The van der Waals surface area contributed by atoms with Crippen LogP contribution < -0.4 is 5.32 Å². The van der Waals surface area contributed by atoms with Crippen LogP contribution in [0.15, 0.2) is 18.2 Å². The topological polar surface area (TPSA) is 72.2 Å². The second-order valence-corrected chi connectivity index (χ2v) is 5.74. The highest BCUT2D eigenvalue weighted by atomic mass is 19.1. The van der Waals surface area contributed by atoms with Gasteiger partial charge in [0, 0.05) is 12.6 Å². The lowest BCUT2D eigenvalue weighted by Crippen LogP contribution is -2.37. The Balaban J connectivity index is 2.93. The summed E-state index contributed by atoms with van der Waals surface area (Å²) in [5, 5.41) is 13.5. The minimum Gasteiger partial charge on any atom is -0.351 e. The van der Waals surface area contributed by atoms with Crippen LogP contribution in [0, 0.1) is 27.3 Å². The van der Waals surface area contributed by atoms with Gasteiger partial charge in [0.15, 0.2) is 0 Å². The van der Waals surface area contributed by atoms with Gasteiger partial charge < -0.3 is 5.32 Å². The number of nitrogens with zero attached hydrogens (tertiary/aromatic N) is 1. The first-order valence-corrected chi connectivity index (χ1v) is 6.37. The summed E-state index contributed by atoms with van der Waals surface area (Å²) in [5.74, 6) is -0.987. The van der Waals surface area contributed by atoms with E-state index in [1.54, 1.807) is 0 Å². The van der Waals surface area contributed by atoms with Crippen LogP contribution in [0.25, 0.3) is 0 Å². The Labute approximate surface area is 117 Å². The molecule has 1 amide bonds. The van der Waals surface area contributed by atoms with E-state index >= 15 is 0 Å². The Kier molecular flexibility index (Phi) is 4.81. The molecule has 5 nitrogen and oxygen atoms in total. The van der Waals surface area contributed by atoms with Gasteiger partial charge in [-0.15, -0.1) is 0 Å². The molecule has 0 fully saturated rings. The van der Waals surface area contributed by atoms with Crippen molar-refractivity contribution in [2.24, 2.45) is 11.3 Å². The zero-order valence-corrected chi connectivity index (χ0v) is 12.1. The van der Waals surface area contributed by atoms with Crippen molar-refractivity contribution in [1.29, 1.82) is 0 Å². The summed E-state index contributed by atoms with van der Waals surface area (Å²) in [6.45, 7) is 8.38. The molecule has 0 unspecified atom stereocenters. The van der Waals surface area contributed by atoms with Gasteiger partial charge in [0.2, 0.25) is 0 Å². The second-order valence-electron chi connectivity index (χ2n) is 5.74. The fourth-order valence-electron chi connectivity index (χ4n) is 1.46. The van der Waals surface area contributed by atoms with Gasteiger partial charge in [-0.05, 0) is 23.5 Å². The number of carbonyl (C=O) groups excluding carboxylic acids is 1. The van der Waals surface area contributed by atoms with Crippen LogP contribution in [0.2, 0.25) is 0 Å². The molecule has 0 aliphatic rings. The van der Waals surface area contributed by atoms with Crippen LogP contribution in [0.1, 0.15) is 38.1 Å². The van der Waals surface area contributed by atoms with Crippen molar-refractivity contribution in [3.05, 3.63) is 39.7 Å². The number of hydrogen-bond donors (Lipinski definition) is 1. The van der Waals surface area contributed by atoms with Crippen LogP contribution in [0.3, 0.4) is 0 Å². The van der Waals surface area contributed by atoms with E-state index in [1.807, 2.05) is 27.7 Å². The normalized spacial score (nSPS) is 11.5. The molecule has 110 valence electrons. The molecule has 0 aliphatic heterocycles. The number of carbonyl (C=O) groups is 1. The van der Waals surface area contributed by atoms with Crippen molar-refractivity contribution in [3.63, 3.8) is 0 Å². The number of hydrogen-bond acceptors (Lipinski definition) is 3. The van der Waals surface area contributed by atoms with Crippen molar-refractivity contribution < 1.29 is 14.1 Å². The molecule has 0 bridgehead atoms. The molecular weight excluding hydrogens is 263 g/mol. The first-order valence-electron chi connectivity index (χ1n) is 6.37. The van der Waals surface area contributed by atoms with E-state index in [2.05, 4.69) is 5.32 Å². The summed E-state index contributed by atoms with van der Waals surface area (Å²) < 4.78 is 13.2. The molecule has 1 aromatic carbocycles. The Morgan fingerprint density at radius 3 is 2.55 bits per heavy atom. The monoisotopic (exact) mass is 282 g/mol. The van der Waals surface area contributed by atoms with Crippen LogP contribution in [-0.4, -0.2) is 17.4 Å². The first-order chi connectivity index (χ1) is 9.15. The number of rotatable bonds is 5. The van der Waals surface area contributed by atoms with Crippen LogP contribution in [0.4, 0.5) is 10.1 Å². The summed E-state index contributed by atoms with van der Waals surface area (Å²) in [5.41, 5.74) is -0.807. The molecule has 0 saturated carbocycles. The Morgan fingerprint density at radius 1 is 1.45 bits per heavy atom. The van der Waals surface area contributed by atoms with Gasteiger partial charge in [-0.1, -0.05) is 27.7 Å². The number of amides is 1. The minimum atomic E-state index is -0.693. The average molecular weight is 282 g/mol. The van der Waals surface area contributed by atoms with Crippen LogP contribution in [0.5, 0.6) is 0 Å². The summed E-state index contributed by atoms with van der Waals surface area (Å²) in [7, 11) is 0. The predicted molar refractivity (Wildman–Crippen MR) is 74.0 cm³/mol. The third kappa shape index (κ3) is 3.76. The minimum absolute atomic E-state index is 0.155. The van der Waals surface area contributed by atoms with Crippen LogP contribution in [-0.2, 0) is 0 Å². The number of nitro benzene ring substituents is 1. The molecule has 0 saturated heterocycles. The highest BCUT2D eigenvalue weighted by molar-refractivity contribution is 5.98. The lowest BCUT2D eigenvalue weighted by atomic mass is 9.81. The predicted octanol–water partition coefficient (Wildman–Crippen LogP) is 3.15. The highest BCUT2D eigenvalue weighted by Gasteiger charge is 2.26. The highest BCUT2D eigenvalue weighted by Crippen LogP contribution is 2.25. The molecule has 0 radical (unpaired) electrons. The molecule has 6 heteroatoms. The number of halogens is 1.